The van der Waals surface area contributed by atoms with Crippen LogP contribution in [0.25, 0.3) is 11.0 Å². The molecule has 2 aromatic carbocycles. The highest BCUT2D eigenvalue weighted by Gasteiger charge is 2.16. The SMILES string of the molecule is O=C(Nc1ccccc1N1CCOCC1)c1ccc2[nH]c(=O)[nH]c2c1. The summed E-state index contributed by atoms with van der Waals surface area (Å²) in [7, 11) is 0. The smallest absolute Gasteiger partial charge is 0.323 e. The predicted octanol–water partition coefficient (Wildman–Crippen LogP) is 1.95. The van der Waals surface area contributed by atoms with Crippen LogP contribution in [0.1, 0.15) is 10.4 Å². The maximum absolute atomic E-state index is 12.6. The number of hydrogen-bond acceptors (Lipinski definition) is 4. The Labute approximate surface area is 143 Å². The second kappa shape index (κ2) is 6.45. The summed E-state index contributed by atoms with van der Waals surface area (Å²) < 4.78 is 5.39. The summed E-state index contributed by atoms with van der Waals surface area (Å²) in [5.41, 5.74) is 3.23. The first kappa shape index (κ1) is 15.5. The number of amides is 1. The lowest BCUT2D eigenvalue weighted by molar-refractivity contribution is 0.102. The van der Waals surface area contributed by atoms with Gasteiger partial charge >= 0.3 is 5.69 Å². The van der Waals surface area contributed by atoms with Crippen molar-refractivity contribution in [1.29, 1.82) is 0 Å². The zero-order chi connectivity index (χ0) is 17.2. The van der Waals surface area contributed by atoms with E-state index in [1.165, 1.54) is 0 Å². The zero-order valence-electron chi connectivity index (χ0n) is 13.5. The molecule has 0 spiro atoms. The number of H-pyrrole nitrogens is 2. The Morgan fingerprint density at radius 2 is 1.80 bits per heavy atom. The molecular weight excluding hydrogens is 320 g/mol. The molecule has 1 aromatic heterocycles. The number of rotatable bonds is 3. The average molecular weight is 338 g/mol. The Kier molecular flexibility index (Phi) is 3.99. The fourth-order valence-corrected chi connectivity index (χ4v) is 3.03. The van der Waals surface area contributed by atoms with E-state index in [1.807, 2.05) is 24.3 Å². The zero-order valence-corrected chi connectivity index (χ0v) is 13.5. The van der Waals surface area contributed by atoms with Crippen molar-refractivity contribution in [3.05, 3.63) is 58.5 Å². The molecule has 0 saturated carbocycles. The largest absolute Gasteiger partial charge is 0.378 e. The van der Waals surface area contributed by atoms with Gasteiger partial charge in [-0.05, 0) is 30.3 Å². The maximum Gasteiger partial charge on any atom is 0.323 e. The second-order valence-corrected chi connectivity index (χ2v) is 5.91. The molecule has 7 heteroatoms. The molecule has 1 aliphatic rings. The summed E-state index contributed by atoms with van der Waals surface area (Å²) in [5.74, 6) is -0.218. The number of carbonyl (C=O) groups is 1. The van der Waals surface area contributed by atoms with Gasteiger partial charge in [0, 0.05) is 18.7 Å². The molecule has 0 aliphatic carbocycles. The lowest BCUT2D eigenvalue weighted by Crippen LogP contribution is -2.36. The average Bonchev–Trinajstić information content (AvgIpc) is 3.02. The molecule has 1 fully saturated rings. The minimum Gasteiger partial charge on any atom is -0.378 e. The number of anilines is 2. The number of fused-ring (bicyclic) bond motifs is 1. The Morgan fingerprint density at radius 1 is 1.04 bits per heavy atom. The first-order valence-electron chi connectivity index (χ1n) is 8.16. The van der Waals surface area contributed by atoms with Crippen molar-refractivity contribution in [2.24, 2.45) is 0 Å². The lowest BCUT2D eigenvalue weighted by Gasteiger charge is -2.30. The summed E-state index contributed by atoms with van der Waals surface area (Å²) in [6, 6.07) is 12.8. The molecule has 128 valence electrons. The predicted molar refractivity (Wildman–Crippen MR) is 96.3 cm³/mol. The van der Waals surface area contributed by atoms with Crippen molar-refractivity contribution in [1.82, 2.24) is 9.97 Å². The molecule has 1 aliphatic heterocycles. The van der Waals surface area contributed by atoms with Crippen LogP contribution < -0.4 is 15.9 Å². The molecule has 0 radical (unpaired) electrons. The van der Waals surface area contributed by atoms with Gasteiger partial charge in [-0.2, -0.15) is 0 Å². The van der Waals surface area contributed by atoms with Gasteiger partial charge < -0.3 is 24.9 Å². The number of hydrogen-bond donors (Lipinski definition) is 3. The Bertz CT molecular complexity index is 970. The van der Waals surface area contributed by atoms with E-state index in [0.717, 1.165) is 24.5 Å². The molecule has 25 heavy (non-hydrogen) atoms. The molecule has 1 saturated heterocycles. The highest BCUT2D eigenvalue weighted by molar-refractivity contribution is 6.07. The van der Waals surface area contributed by atoms with E-state index in [9.17, 15) is 9.59 Å². The number of para-hydroxylation sites is 2. The molecule has 7 nitrogen and oxygen atoms in total. The molecule has 2 heterocycles. The highest BCUT2D eigenvalue weighted by Crippen LogP contribution is 2.27. The van der Waals surface area contributed by atoms with Crippen molar-refractivity contribution < 1.29 is 9.53 Å². The van der Waals surface area contributed by atoms with E-state index in [0.29, 0.717) is 29.8 Å². The van der Waals surface area contributed by atoms with Crippen LogP contribution in [0.15, 0.2) is 47.3 Å². The van der Waals surface area contributed by atoms with Crippen LogP contribution in [0, 0.1) is 0 Å². The number of nitrogens with zero attached hydrogens (tertiary/aromatic N) is 1. The van der Waals surface area contributed by atoms with E-state index >= 15 is 0 Å². The number of aromatic amines is 2. The number of nitrogens with one attached hydrogen (secondary N) is 3. The van der Waals surface area contributed by atoms with Crippen LogP contribution in [0.2, 0.25) is 0 Å². The van der Waals surface area contributed by atoms with Crippen molar-refractivity contribution in [2.75, 3.05) is 36.5 Å². The summed E-state index contributed by atoms with van der Waals surface area (Å²) in [5, 5.41) is 2.97. The van der Waals surface area contributed by atoms with Gasteiger partial charge in [-0.3, -0.25) is 4.79 Å². The molecule has 0 unspecified atom stereocenters. The lowest BCUT2D eigenvalue weighted by atomic mass is 10.1. The number of morpholine rings is 1. The molecule has 0 atom stereocenters. The van der Waals surface area contributed by atoms with E-state index in [1.54, 1.807) is 18.2 Å². The van der Waals surface area contributed by atoms with Crippen molar-refractivity contribution in [2.45, 2.75) is 0 Å². The fourth-order valence-electron chi connectivity index (χ4n) is 3.03. The van der Waals surface area contributed by atoms with Crippen LogP contribution >= 0.6 is 0 Å². The summed E-state index contributed by atoms with van der Waals surface area (Å²) >= 11 is 0. The normalized spacial score (nSPS) is 14.6. The van der Waals surface area contributed by atoms with Gasteiger partial charge in [0.1, 0.15) is 0 Å². The van der Waals surface area contributed by atoms with E-state index in [4.69, 9.17) is 4.74 Å². The molecule has 0 bridgehead atoms. The standard InChI is InChI=1S/C18H18N4O3/c23-17(12-5-6-13-15(11-12)21-18(24)20-13)19-14-3-1-2-4-16(14)22-7-9-25-10-8-22/h1-6,11H,7-10H2,(H,19,23)(H2,20,21,24). The number of benzene rings is 2. The molecular formula is C18H18N4O3. The first-order chi connectivity index (χ1) is 12.2. The molecule has 3 aromatic rings. The minimum absolute atomic E-state index is 0.218. The minimum atomic E-state index is -0.287. The topological polar surface area (TPSA) is 90.2 Å². The van der Waals surface area contributed by atoms with E-state index < -0.39 is 0 Å². The van der Waals surface area contributed by atoms with Crippen LogP contribution in [0.5, 0.6) is 0 Å². The fraction of sp³-hybridized carbons (Fsp3) is 0.222. The summed E-state index contributed by atoms with van der Waals surface area (Å²) in [6.07, 6.45) is 0. The second-order valence-electron chi connectivity index (χ2n) is 5.91. The van der Waals surface area contributed by atoms with Crippen LogP contribution in [-0.2, 0) is 4.74 Å². The number of carbonyl (C=O) groups excluding carboxylic acids is 1. The van der Waals surface area contributed by atoms with Crippen molar-refractivity contribution in [3.63, 3.8) is 0 Å². The van der Waals surface area contributed by atoms with Gasteiger partial charge in [0.15, 0.2) is 0 Å². The quantitative estimate of drug-likeness (QED) is 0.681. The van der Waals surface area contributed by atoms with Crippen molar-refractivity contribution >= 4 is 28.3 Å². The first-order valence-corrected chi connectivity index (χ1v) is 8.16. The van der Waals surface area contributed by atoms with Gasteiger partial charge in [0.2, 0.25) is 0 Å². The number of aromatic nitrogens is 2. The summed E-state index contributed by atoms with van der Waals surface area (Å²) in [6.45, 7) is 2.95. The van der Waals surface area contributed by atoms with Gasteiger partial charge in [-0.1, -0.05) is 12.1 Å². The third-order valence-corrected chi connectivity index (χ3v) is 4.28. The molecule has 3 N–H and O–H groups in total. The van der Waals surface area contributed by atoms with Gasteiger partial charge in [-0.25, -0.2) is 4.79 Å². The maximum atomic E-state index is 12.6. The molecule has 1 amide bonds. The summed E-state index contributed by atoms with van der Waals surface area (Å²) in [4.78, 5) is 31.5. The highest BCUT2D eigenvalue weighted by atomic mass is 16.5. The van der Waals surface area contributed by atoms with Crippen molar-refractivity contribution in [3.8, 4) is 0 Å². The van der Waals surface area contributed by atoms with E-state index in [-0.39, 0.29) is 11.6 Å². The Morgan fingerprint density at radius 3 is 2.64 bits per heavy atom. The monoisotopic (exact) mass is 338 g/mol. The third-order valence-electron chi connectivity index (χ3n) is 4.28. The third kappa shape index (κ3) is 3.14. The van der Waals surface area contributed by atoms with Crippen LogP contribution in [0.4, 0.5) is 11.4 Å². The Balaban J connectivity index is 1.60. The van der Waals surface area contributed by atoms with Gasteiger partial charge in [0.25, 0.3) is 5.91 Å². The number of ether oxygens (including phenoxy) is 1. The van der Waals surface area contributed by atoms with E-state index in [2.05, 4.69) is 20.2 Å². The molecule has 4 rings (SSSR count). The Hall–Kier alpha value is -3.06. The van der Waals surface area contributed by atoms with Gasteiger partial charge in [0.05, 0.1) is 35.6 Å². The number of imidazole rings is 1. The van der Waals surface area contributed by atoms with Crippen LogP contribution in [0.3, 0.4) is 0 Å². The van der Waals surface area contributed by atoms with Crippen LogP contribution in [-0.4, -0.2) is 42.2 Å². The van der Waals surface area contributed by atoms with Gasteiger partial charge in [-0.15, -0.1) is 0 Å².